The molecule has 2 aromatic heterocycles. The summed E-state index contributed by atoms with van der Waals surface area (Å²) in [6, 6.07) is 11.4. The molecule has 1 aliphatic carbocycles. The van der Waals surface area contributed by atoms with Crippen molar-refractivity contribution in [3.8, 4) is 11.6 Å². The predicted octanol–water partition coefficient (Wildman–Crippen LogP) is 5.96. The average Bonchev–Trinajstić information content (AvgIpc) is 3.16. The van der Waals surface area contributed by atoms with Crippen LogP contribution in [0.5, 0.6) is 0 Å². The minimum Gasteiger partial charge on any atom is -0.402 e. The molecule has 0 bridgehead atoms. The molecule has 5 nitrogen and oxygen atoms in total. The zero-order valence-electron chi connectivity index (χ0n) is 15.1. The quantitative estimate of drug-likeness (QED) is 0.515. The summed E-state index contributed by atoms with van der Waals surface area (Å²) < 4.78 is 44.1. The molecular weight excluding hydrogens is 449 g/mol. The topological polar surface area (TPSA) is 63.8 Å². The molecule has 9 heteroatoms. The first-order valence-electron chi connectivity index (χ1n) is 8.98. The van der Waals surface area contributed by atoms with Gasteiger partial charge in [-0.05, 0) is 52.4 Å². The van der Waals surface area contributed by atoms with Crippen LogP contribution in [0, 0.1) is 0 Å². The highest BCUT2D eigenvalue weighted by molar-refractivity contribution is 9.10. The molecule has 1 unspecified atom stereocenters. The Bertz CT molecular complexity index is 1030. The van der Waals surface area contributed by atoms with Gasteiger partial charge in [0, 0.05) is 16.7 Å². The molecule has 0 aliphatic heterocycles. The van der Waals surface area contributed by atoms with E-state index in [1.54, 1.807) is 0 Å². The van der Waals surface area contributed by atoms with E-state index in [9.17, 15) is 13.2 Å². The molecule has 0 radical (unpaired) electrons. The number of benzene rings is 1. The maximum absolute atomic E-state index is 12.8. The largest absolute Gasteiger partial charge is 0.417 e. The van der Waals surface area contributed by atoms with E-state index in [0.717, 1.165) is 31.5 Å². The number of alkyl halides is 3. The van der Waals surface area contributed by atoms with Crippen molar-refractivity contribution < 1.29 is 17.6 Å². The van der Waals surface area contributed by atoms with Gasteiger partial charge in [0.15, 0.2) is 0 Å². The van der Waals surface area contributed by atoms with Crippen LogP contribution in [0.3, 0.4) is 0 Å². The Morgan fingerprint density at radius 2 is 1.93 bits per heavy atom. The van der Waals surface area contributed by atoms with Gasteiger partial charge in [0.05, 0.1) is 5.56 Å². The molecule has 1 N–H and O–H groups in total. The van der Waals surface area contributed by atoms with Crippen LogP contribution in [-0.4, -0.2) is 21.2 Å². The summed E-state index contributed by atoms with van der Waals surface area (Å²) in [5, 5.41) is 11.1. The van der Waals surface area contributed by atoms with E-state index >= 15 is 0 Å². The van der Waals surface area contributed by atoms with Crippen molar-refractivity contribution in [2.45, 2.75) is 31.5 Å². The smallest absolute Gasteiger partial charge is 0.402 e. The number of hydrogen-bond acceptors (Lipinski definition) is 5. The van der Waals surface area contributed by atoms with E-state index in [1.807, 2.05) is 18.2 Å². The summed E-state index contributed by atoms with van der Waals surface area (Å²) in [6.07, 6.45) is 1.15. The van der Waals surface area contributed by atoms with Crippen molar-refractivity contribution in [2.24, 2.45) is 0 Å². The van der Waals surface area contributed by atoms with E-state index in [4.69, 9.17) is 4.42 Å². The number of halogens is 4. The van der Waals surface area contributed by atoms with Gasteiger partial charge in [-0.3, -0.25) is 0 Å². The molecule has 29 heavy (non-hydrogen) atoms. The predicted molar refractivity (Wildman–Crippen MR) is 106 cm³/mol. The number of aromatic nitrogens is 3. The Labute approximate surface area is 173 Å². The molecule has 1 atom stereocenters. The van der Waals surface area contributed by atoms with Gasteiger partial charge in [-0.25, -0.2) is 4.98 Å². The first-order valence-corrected chi connectivity index (χ1v) is 9.77. The summed E-state index contributed by atoms with van der Waals surface area (Å²) in [7, 11) is 0. The summed E-state index contributed by atoms with van der Waals surface area (Å²) in [5.41, 5.74) is 1.74. The van der Waals surface area contributed by atoms with Crippen molar-refractivity contribution in [3.63, 3.8) is 0 Å². The maximum atomic E-state index is 12.8. The molecule has 0 saturated heterocycles. The molecule has 150 valence electrons. The standard InChI is InChI=1S/C20H16BrF3N4O/c21-16-10-14(20(22,23)24)11-25-17(16)18-27-28-19(29-18)26-15-8-4-7-13(9-15)12-5-2-1-3-6-12/h1-3,5-7,10-11,15H,4,8-9H2,(H,26,28). The second kappa shape index (κ2) is 7.98. The molecule has 0 spiro atoms. The zero-order chi connectivity index (χ0) is 20.4. The fraction of sp³-hybridized carbons (Fsp3) is 0.250. The van der Waals surface area contributed by atoms with Crippen molar-refractivity contribution in [2.75, 3.05) is 5.32 Å². The van der Waals surface area contributed by atoms with Crippen LogP contribution in [0.15, 0.2) is 57.6 Å². The Morgan fingerprint density at radius 1 is 1.14 bits per heavy atom. The van der Waals surface area contributed by atoms with E-state index < -0.39 is 11.7 Å². The number of allylic oxidation sites excluding steroid dienone is 1. The van der Waals surface area contributed by atoms with Crippen LogP contribution < -0.4 is 5.32 Å². The highest BCUT2D eigenvalue weighted by Gasteiger charge is 2.32. The summed E-state index contributed by atoms with van der Waals surface area (Å²) in [4.78, 5) is 3.83. The van der Waals surface area contributed by atoms with Gasteiger partial charge in [0.2, 0.25) is 0 Å². The maximum Gasteiger partial charge on any atom is 0.417 e. The van der Waals surface area contributed by atoms with Crippen LogP contribution in [0.1, 0.15) is 30.4 Å². The lowest BCUT2D eigenvalue weighted by Gasteiger charge is -2.23. The van der Waals surface area contributed by atoms with Gasteiger partial charge in [-0.2, -0.15) is 13.2 Å². The minimum absolute atomic E-state index is 0.0442. The summed E-state index contributed by atoms with van der Waals surface area (Å²) >= 11 is 3.10. The highest BCUT2D eigenvalue weighted by atomic mass is 79.9. The summed E-state index contributed by atoms with van der Waals surface area (Å²) in [5.74, 6) is 0.0442. The molecule has 0 amide bonds. The SMILES string of the molecule is FC(F)(F)c1cnc(-c2nnc(NC3CCC=C(c4ccccc4)C3)o2)c(Br)c1. The minimum atomic E-state index is -4.47. The van der Waals surface area contributed by atoms with Gasteiger partial charge in [-0.15, -0.1) is 5.10 Å². The second-order valence-corrected chi connectivity index (χ2v) is 7.54. The monoisotopic (exact) mass is 464 g/mol. The molecule has 2 heterocycles. The fourth-order valence-electron chi connectivity index (χ4n) is 3.22. The van der Waals surface area contributed by atoms with Crippen LogP contribution in [-0.2, 0) is 6.18 Å². The molecule has 0 fully saturated rings. The van der Waals surface area contributed by atoms with Gasteiger partial charge < -0.3 is 9.73 Å². The van der Waals surface area contributed by atoms with Gasteiger partial charge >= 0.3 is 12.2 Å². The third kappa shape index (κ3) is 4.50. The van der Waals surface area contributed by atoms with Crippen molar-refractivity contribution in [3.05, 3.63) is 64.3 Å². The molecule has 4 rings (SSSR count). The number of anilines is 1. The Balaban J connectivity index is 1.47. The fourth-order valence-corrected chi connectivity index (χ4v) is 3.74. The van der Waals surface area contributed by atoms with Gasteiger partial charge in [-0.1, -0.05) is 41.5 Å². The van der Waals surface area contributed by atoms with Crippen molar-refractivity contribution in [1.29, 1.82) is 0 Å². The lowest BCUT2D eigenvalue weighted by molar-refractivity contribution is -0.137. The number of hydrogen-bond donors (Lipinski definition) is 1. The summed E-state index contributed by atoms with van der Waals surface area (Å²) in [6.45, 7) is 0. The van der Waals surface area contributed by atoms with E-state index in [1.165, 1.54) is 11.1 Å². The zero-order valence-corrected chi connectivity index (χ0v) is 16.7. The lowest BCUT2D eigenvalue weighted by Crippen LogP contribution is -2.22. The van der Waals surface area contributed by atoms with Gasteiger partial charge in [0.1, 0.15) is 5.69 Å². The van der Waals surface area contributed by atoms with Crippen LogP contribution in [0.2, 0.25) is 0 Å². The average molecular weight is 465 g/mol. The highest BCUT2D eigenvalue weighted by Crippen LogP contribution is 2.34. The van der Waals surface area contributed by atoms with E-state index in [0.29, 0.717) is 0 Å². The van der Waals surface area contributed by atoms with Crippen molar-refractivity contribution in [1.82, 2.24) is 15.2 Å². The molecule has 1 aliphatic rings. The number of rotatable bonds is 4. The Morgan fingerprint density at radius 3 is 2.66 bits per heavy atom. The Kier molecular flexibility index (Phi) is 5.40. The van der Waals surface area contributed by atoms with Crippen molar-refractivity contribution >= 4 is 27.5 Å². The lowest BCUT2D eigenvalue weighted by atomic mass is 9.90. The molecular formula is C20H16BrF3N4O. The van der Waals surface area contributed by atoms with Crippen LogP contribution in [0.25, 0.3) is 17.2 Å². The van der Waals surface area contributed by atoms with Crippen LogP contribution in [0.4, 0.5) is 19.2 Å². The third-order valence-electron chi connectivity index (χ3n) is 4.64. The molecule has 3 aromatic rings. The normalized spacial score (nSPS) is 17.1. The van der Waals surface area contributed by atoms with Gasteiger partial charge in [0.25, 0.3) is 5.89 Å². The number of nitrogens with one attached hydrogen (secondary N) is 1. The second-order valence-electron chi connectivity index (χ2n) is 6.68. The van der Waals surface area contributed by atoms with E-state index in [2.05, 4.69) is 54.6 Å². The first kappa shape index (κ1) is 19.6. The molecule has 1 aromatic carbocycles. The van der Waals surface area contributed by atoms with Crippen LogP contribution >= 0.6 is 15.9 Å². The first-order chi connectivity index (χ1) is 13.9. The molecule has 0 saturated carbocycles. The Hall–Kier alpha value is -2.68. The van der Waals surface area contributed by atoms with E-state index in [-0.39, 0.29) is 28.1 Å². The number of pyridine rings is 1. The number of nitrogens with zero attached hydrogens (tertiary/aromatic N) is 3. The third-order valence-corrected chi connectivity index (χ3v) is 5.24.